The Morgan fingerprint density at radius 2 is 2.31 bits per heavy atom. The van der Waals surface area contributed by atoms with E-state index in [1.807, 2.05) is 12.1 Å². The fourth-order valence-corrected chi connectivity index (χ4v) is 1.52. The average Bonchev–Trinajstić information content (AvgIpc) is 2.45. The van der Waals surface area contributed by atoms with Crippen LogP contribution in [0.25, 0.3) is 11.0 Å². The molecule has 0 saturated carbocycles. The highest BCUT2D eigenvalue weighted by Crippen LogP contribution is 2.22. The van der Waals surface area contributed by atoms with Crippen molar-refractivity contribution in [1.29, 1.82) is 0 Å². The topological polar surface area (TPSA) is 34.9 Å². The quantitative estimate of drug-likeness (QED) is 0.652. The van der Waals surface area contributed by atoms with Gasteiger partial charge in [-0.05, 0) is 12.1 Å². The van der Waals surface area contributed by atoms with Gasteiger partial charge in [-0.25, -0.2) is 4.98 Å². The molecule has 4 heteroatoms. The van der Waals surface area contributed by atoms with Crippen LogP contribution in [0.15, 0.2) is 18.2 Å². The molecule has 0 aliphatic carbocycles. The SMILES string of the molecule is Cn1c(C=O)nc2c(Cl)cccc21. The number of para-hydroxylation sites is 1. The minimum atomic E-state index is 0.392. The molecular formula is C9H7ClN2O. The second-order valence-corrected chi connectivity index (χ2v) is 3.16. The molecule has 1 aromatic carbocycles. The lowest BCUT2D eigenvalue weighted by atomic mass is 10.3. The molecule has 0 amide bonds. The Hall–Kier alpha value is -1.35. The van der Waals surface area contributed by atoms with Gasteiger partial charge in [0.25, 0.3) is 0 Å². The maximum Gasteiger partial charge on any atom is 0.185 e. The maximum absolute atomic E-state index is 10.6. The Labute approximate surface area is 79.9 Å². The highest BCUT2D eigenvalue weighted by molar-refractivity contribution is 6.35. The Morgan fingerprint density at radius 1 is 1.54 bits per heavy atom. The standard InChI is InChI=1S/C9H7ClN2O/c1-12-7-4-2-3-6(10)9(7)11-8(12)5-13/h2-5H,1H3. The molecule has 1 aromatic heterocycles. The van der Waals surface area contributed by atoms with Crippen molar-refractivity contribution in [3.8, 4) is 0 Å². The highest BCUT2D eigenvalue weighted by atomic mass is 35.5. The zero-order valence-corrected chi connectivity index (χ0v) is 7.75. The molecule has 0 radical (unpaired) electrons. The van der Waals surface area contributed by atoms with Crippen molar-refractivity contribution in [2.45, 2.75) is 0 Å². The molecule has 2 aromatic rings. The number of aryl methyl sites for hydroxylation is 1. The van der Waals surface area contributed by atoms with Gasteiger partial charge in [-0.1, -0.05) is 17.7 Å². The predicted molar refractivity (Wildman–Crippen MR) is 51.1 cm³/mol. The number of fused-ring (bicyclic) bond motifs is 1. The van der Waals surface area contributed by atoms with Crippen LogP contribution in [0.2, 0.25) is 5.02 Å². The Balaban J connectivity index is 2.91. The molecule has 0 N–H and O–H groups in total. The summed E-state index contributed by atoms with van der Waals surface area (Å²) in [6, 6.07) is 5.47. The number of benzene rings is 1. The normalized spacial score (nSPS) is 10.6. The number of imidazole rings is 1. The van der Waals surface area contributed by atoms with E-state index in [1.54, 1.807) is 17.7 Å². The predicted octanol–water partition coefficient (Wildman–Crippen LogP) is 2.04. The first-order valence-corrected chi connectivity index (χ1v) is 4.18. The van der Waals surface area contributed by atoms with Crippen LogP contribution in [0.4, 0.5) is 0 Å². The summed E-state index contributed by atoms with van der Waals surface area (Å²) in [5.74, 6) is 0.392. The second-order valence-electron chi connectivity index (χ2n) is 2.75. The summed E-state index contributed by atoms with van der Waals surface area (Å²) in [6.45, 7) is 0. The molecule has 0 bridgehead atoms. The van der Waals surface area contributed by atoms with Gasteiger partial charge in [-0.15, -0.1) is 0 Å². The average molecular weight is 195 g/mol. The molecule has 2 rings (SSSR count). The van der Waals surface area contributed by atoms with Crippen LogP contribution in [0, 0.1) is 0 Å². The van der Waals surface area contributed by atoms with Gasteiger partial charge in [0, 0.05) is 7.05 Å². The minimum absolute atomic E-state index is 0.392. The highest BCUT2D eigenvalue weighted by Gasteiger charge is 2.08. The molecule has 3 nitrogen and oxygen atoms in total. The van der Waals surface area contributed by atoms with Gasteiger partial charge in [0.15, 0.2) is 12.1 Å². The molecular weight excluding hydrogens is 188 g/mol. The number of halogens is 1. The van der Waals surface area contributed by atoms with E-state index >= 15 is 0 Å². The molecule has 1 heterocycles. The van der Waals surface area contributed by atoms with E-state index in [-0.39, 0.29) is 0 Å². The number of rotatable bonds is 1. The van der Waals surface area contributed by atoms with Crippen molar-refractivity contribution in [1.82, 2.24) is 9.55 Å². The first kappa shape index (κ1) is 8.26. The molecule has 0 spiro atoms. The first-order chi connectivity index (χ1) is 6.24. The Morgan fingerprint density at radius 3 is 2.92 bits per heavy atom. The van der Waals surface area contributed by atoms with Crippen molar-refractivity contribution in [3.05, 3.63) is 29.0 Å². The van der Waals surface area contributed by atoms with E-state index in [0.717, 1.165) is 11.8 Å². The molecule has 0 aliphatic heterocycles. The van der Waals surface area contributed by atoms with Gasteiger partial charge in [0.05, 0.1) is 10.5 Å². The van der Waals surface area contributed by atoms with Crippen LogP contribution in [0.3, 0.4) is 0 Å². The number of hydrogen-bond donors (Lipinski definition) is 0. The van der Waals surface area contributed by atoms with Crippen LogP contribution in [-0.4, -0.2) is 15.8 Å². The van der Waals surface area contributed by atoms with E-state index in [4.69, 9.17) is 11.6 Å². The van der Waals surface area contributed by atoms with Crippen LogP contribution in [0.1, 0.15) is 10.6 Å². The number of carbonyl (C=O) groups excluding carboxylic acids is 1. The molecule has 66 valence electrons. The Kier molecular flexibility index (Phi) is 1.81. The van der Waals surface area contributed by atoms with Gasteiger partial charge >= 0.3 is 0 Å². The third-order valence-electron chi connectivity index (χ3n) is 2.00. The smallest absolute Gasteiger partial charge is 0.185 e. The number of nitrogens with zero attached hydrogens (tertiary/aromatic N) is 2. The molecule has 0 fully saturated rings. The summed E-state index contributed by atoms with van der Waals surface area (Å²) in [7, 11) is 1.79. The lowest BCUT2D eigenvalue weighted by Crippen LogP contribution is -1.94. The number of hydrogen-bond acceptors (Lipinski definition) is 2. The zero-order valence-electron chi connectivity index (χ0n) is 6.99. The molecule has 0 atom stereocenters. The summed E-state index contributed by atoms with van der Waals surface area (Å²) in [5.41, 5.74) is 1.54. The van der Waals surface area contributed by atoms with E-state index < -0.39 is 0 Å². The second kappa shape index (κ2) is 2.85. The van der Waals surface area contributed by atoms with Crippen molar-refractivity contribution >= 4 is 28.9 Å². The van der Waals surface area contributed by atoms with Crippen LogP contribution in [0.5, 0.6) is 0 Å². The minimum Gasteiger partial charge on any atom is -0.325 e. The lowest BCUT2D eigenvalue weighted by molar-refractivity contribution is 0.111. The van der Waals surface area contributed by atoms with Gasteiger partial charge in [0.1, 0.15) is 5.52 Å². The van der Waals surface area contributed by atoms with E-state index in [2.05, 4.69) is 4.98 Å². The van der Waals surface area contributed by atoms with Gasteiger partial charge < -0.3 is 4.57 Å². The number of carbonyl (C=O) groups is 1. The third-order valence-corrected chi connectivity index (χ3v) is 2.31. The lowest BCUT2D eigenvalue weighted by Gasteiger charge is -1.94. The van der Waals surface area contributed by atoms with Gasteiger partial charge in [-0.2, -0.15) is 0 Å². The monoisotopic (exact) mass is 194 g/mol. The van der Waals surface area contributed by atoms with Crippen molar-refractivity contribution in [2.24, 2.45) is 7.05 Å². The van der Waals surface area contributed by atoms with Gasteiger partial charge in [0.2, 0.25) is 0 Å². The van der Waals surface area contributed by atoms with E-state index in [9.17, 15) is 4.79 Å². The molecule has 0 aliphatic rings. The van der Waals surface area contributed by atoms with Crippen molar-refractivity contribution in [2.75, 3.05) is 0 Å². The molecule has 0 saturated heterocycles. The summed E-state index contributed by atoms with van der Waals surface area (Å²) in [5, 5.41) is 0.571. The summed E-state index contributed by atoms with van der Waals surface area (Å²) >= 11 is 5.91. The number of aldehydes is 1. The third kappa shape index (κ3) is 1.12. The molecule has 13 heavy (non-hydrogen) atoms. The fourth-order valence-electron chi connectivity index (χ4n) is 1.30. The summed E-state index contributed by atoms with van der Waals surface area (Å²) < 4.78 is 1.72. The van der Waals surface area contributed by atoms with Crippen molar-refractivity contribution < 1.29 is 4.79 Å². The number of aromatic nitrogens is 2. The van der Waals surface area contributed by atoms with Gasteiger partial charge in [-0.3, -0.25) is 4.79 Å². The van der Waals surface area contributed by atoms with Crippen molar-refractivity contribution in [3.63, 3.8) is 0 Å². The van der Waals surface area contributed by atoms with Crippen LogP contribution < -0.4 is 0 Å². The largest absolute Gasteiger partial charge is 0.325 e. The summed E-state index contributed by atoms with van der Waals surface area (Å²) in [4.78, 5) is 14.7. The fraction of sp³-hybridized carbons (Fsp3) is 0.111. The Bertz CT molecular complexity index is 476. The van der Waals surface area contributed by atoms with Crippen LogP contribution >= 0.6 is 11.6 Å². The first-order valence-electron chi connectivity index (χ1n) is 3.80. The van der Waals surface area contributed by atoms with Crippen LogP contribution in [-0.2, 0) is 7.05 Å². The summed E-state index contributed by atoms with van der Waals surface area (Å²) in [6.07, 6.45) is 0.719. The maximum atomic E-state index is 10.6. The zero-order chi connectivity index (χ0) is 9.42. The van der Waals surface area contributed by atoms with E-state index in [1.165, 1.54) is 0 Å². The molecule has 0 unspecified atom stereocenters. The van der Waals surface area contributed by atoms with E-state index in [0.29, 0.717) is 16.4 Å².